The lowest BCUT2D eigenvalue weighted by Crippen LogP contribution is -2.09. The molecule has 0 N–H and O–H groups in total. The molecule has 5 heteroatoms. The number of nitriles is 1. The molecule has 0 aromatic rings. The summed E-state index contributed by atoms with van der Waals surface area (Å²) < 4.78 is 16.9. The first-order valence-electron chi connectivity index (χ1n) is 3.82. The van der Waals surface area contributed by atoms with Gasteiger partial charge in [-0.15, -0.1) is 11.8 Å². The van der Waals surface area contributed by atoms with Crippen LogP contribution in [0.25, 0.3) is 0 Å². The molecule has 1 rings (SSSR count). The van der Waals surface area contributed by atoms with Gasteiger partial charge in [0.05, 0.1) is 7.11 Å². The maximum Gasteiger partial charge on any atom is 0.146 e. The summed E-state index contributed by atoms with van der Waals surface area (Å²) in [6, 6.07) is 2.05. The van der Waals surface area contributed by atoms with Crippen LogP contribution in [0.5, 0.6) is 0 Å². The molecule has 0 aromatic carbocycles. The average molecular weight is 229 g/mol. The van der Waals surface area contributed by atoms with Crippen LogP contribution in [0.15, 0.2) is 21.6 Å². The molecule has 0 saturated carbocycles. The van der Waals surface area contributed by atoms with Gasteiger partial charge in [-0.25, -0.2) is 0 Å². The minimum Gasteiger partial charge on any atom is -0.495 e. The van der Waals surface area contributed by atoms with E-state index in [9.17, 15) is 4.21 Å². The van der Waals surface area contributed by atoms with Gasteiger partial charge in [-0.1, -0.05) is 0 Å². The quantitative estimate of drug-likeness (QED) is 0.671. The van der Waals surface area contributed by atoms with Crippen LogP contribution in [0.4, 0.5) is 0 Å². The van der Waals surface area contributed by atoms with Gasteiger partial charge in [-0.3, -0.25) is 4.21 Å². The maximum absolute atomic E-state index is 11.8. The van der Waals surface area contributed by atoms with E-state index in [1.54, 1.807) is 11.6 Å². The topological polar surface area (TPSA) is 50.1 Å². The highest BCUT2D eigenvalue weighted by atomic mass is 32.2. The van der Waals surface area contributed by atoms with Gasteiger partial charge >= 0.3 is 0 Å². The molecule has 0 fully saturated rings. The van der Waals surface area contributed by atoms with E-state index in [0.29, 0.717) is 11.3 Å². The third-order valence-electron chi connectivity index (χ3n) is 1.73. The van der Waals surface area contributed by atoms with E-state index >= 15 is 0 Å². The van der Waals surface area contributed by atoms with E-state index in [1.807, 2.05) is 6.26 Å². The SMILES string of the molecule is COC1=CS(C)(=O)=CC(SC)=C1C#N. The van der Waals surface area contributed by atoms with Crippen molar-refractivity contribution in [3.63, 3.8) is 0 Å². The van der Waals surface area contributed by atoms with Crippen molar-refractivity contribution in [1.29, 1.82) is 5.26 Å². The summed E-state index contributed by atoms with van der Waals surface area (Å²) >= 11 is 1.40. The Labute approximate surface area is 88.4 Å². The molecule has 0 aromatic heterocycles. The Hall–Kier alpha value is -0.860. The van der Waals surface area contributed by atoms with Crippen LogP contribution in [0, 0.1) is 11.3 Å². The van der Waals surface area contributed by atoms with E-state index in [1.165, 1.54) is 24.3 Å². The first kappa shape index (κ1) is 11.2. The van der Waals surface area contributed by atoms with E-state index in [2.05, 4.69) is 6.07 Å². The summed E-state index contributed by atoms with van der Waals surface area (Å²) in [6.45, 7) is 0. The number of rotatable bonds is 2. The summed E-state index contributed by atoms with van der Waals surface area (Å²) in [5, 5.41) is 12.0. The Kier molecular flexibility index (Phi) is 3.29. The van der Waals surface area contributed by atoms with Crippen molar-refractivity contribution in [3.05, 3.63) is 21.6 Å². The maximum atomic E-state index is 11.8. The smallest absolute Gasteiger partial charge is 0.146 e. The van der Waals surface area contributed by atoms with Crippen LogP contribution in [-0.4, -0.2) is 29.2 Å². The molecule has 3 nitrogen and oxygen atoms in total. The molecule has 14 heavy (non-hydrogen) atoms. The lowest BCUT2D eigenvalue weighted by atomic mass is 10.2. The van der Waals surface area contributed by atoms with E-state index in [-0.39, 0.29) is 0 Å². The van der Waals surface area contributed by atoms with Crippen molar-refractivity contribution in [2.75, 3.05) is 19.6 Å². The van der Waals surface area contributed by atoms with Gasteiger partial charge in [-0.2, -0.15) is 5.26 Å². The molecular formula is C9H11NO2S2. The molecule has 0 spiro atoms. The van der Waals surface area contributed by atoms with Gasteiger partial charge in [-0.05, 0) is 15.8 Å². The minimum atomic E-state index is -2.14. The second-order valence-corrected chi connectivity index (χ2v) is 6.08. The second kappa shape index (κ2) is 4.11. The number of hydrogen-bond acceptors (Lipinski definition) is 4. The summed E-state index contributed by atoms with van der Waals surface area (Å²) in [6.07, 6.45) is 3.47. The largest absolute Gasteiger partial charge is 0.495 e. The zero-order valence-electron chi connectivity index (χ0n) is 8.23. The number of allylic oxidation sites excluding steroid dienone is 2. The zero-order chi connectivity index (χ0) is 10.8. The Morgan fingerprint density at radius 3 is 2.71 bits per heavy atom. The predicted molar refractivity (Wildman–Crippen MR) is 61.4 cm³/mol. The fourth-order valence-corrected chi connectivity index (χ4v) is 3.67. The number of nitrogens with zero attached hydrogens (tertiary/aromatic N) is 1. The third kappa shape index (κ3) is 2.14. The molecule has 0 aliphatic carbocycles. The molecule has 76 valence electrons. The molecule has 0 amide bonds. The van der Waals surface area contributed by atoms with Gasteiger partial charge in [0.1, 0.15) is 17.4 Å². The zero-order valence-corrected chi connectivity index (χ0v) is 9.87. The van der Waals surface area contributed by atoms with Gasteiger partial charge in [0.25, 0.3) is 0 Å². The molecule has 1 aliphatic heterocycles. The van der Waals surface area contributed by atoms with E-state index in [4.69, 9.17) is 10.00 Å². The fraction of sp³-hybridized carbons (Fsp3) is 0.333. The number of thioether (sulfide) groups is 1. The van der Waals surface area contributed by atoms with Crippen LogP contribution in [0.3, 0.4) is 0 Å². The Morgan fingerprint density at radius 1 is 1.64 bits per heavy atom. The van der Waals surface area contributed by atoms with Crippen molar-refractivity contribution < 1.29 is 8.95 Å². The summed E-state index contributed by atoms with van der Waals surface area (Å²) in [4.78, 5) is 0.722. The fourth-order valence-electron chi connectivity index (χ4n) is 1.11. The van der Waals surface area contributed by atoms with Crippen LogP contribution >= 0.6 is 11.8 Å². The Bertz CT molecular complexity index is 460. The number of ether oxygens (including phenoxy) is 1. The highest BCUT2D eigenvalue weighted by molar-refractivity contribution is 8.08. The lowest BCUT2D eigenvalue weighted by molar-refractivity contribution is 0.304. The highest BCUT2D eigenvalue weighted by Crippen LogP contribution is 2.26. The van der Waals surface area contributed by atoms with Crippen molar-refractivity contribution in [2.45, 2.75) is 0 Å². The van der Waals surface area contributed by atoms with Crippen molar-refractivity contribution in [3.8, 4) is 6.07 Å². The normalized spacial score (nSPS) is 26.3. The van der Waals surface area contributed by atoms with Gasteiger partial charge < -0.3 is 4.74 Å². The van der Waals surface area contributed by atoms with Crippen LogP contribution < -0.4 is 0 Å². The Morgan fingerprint density at radius 2 is 2.29 bits per heavy atom. The number of hydrogen-bond donors (Lipinski definition) is 0. The van der Waals surface area contributed by atoms with Gasteiger partial charge in [0.2, 0.25) is 0 Å². The first-order chi connectivity index (χ1) is 6.54. The van der Waals surface area contributed by atoms with Crippen LogP contribution in [0.1, 0.15) is 0 Å². The summed E-state index contributed by atoms with van der Waals surface area (Å²) in [5.74, 6) is 0.409. The monoisotopic (exact) mass is 229 g/mol. The molecular weight excluding hydrogens is 218 g/mol. The van der Waals surface area contributed by atoms with Crippen molar-refractivity contribution in [2.24, 2.45) is 0 Å². The molecule has 0 saturated heterocycles. The van der Waals surface area contributed by atoms with Crippen LogP contribution in [-0.2, 0) is 14.3 Å². The van der Waals surface area contributed by atoms with Crippen molar-refractivity contribution >= 4 is 26.7 Å². The van der Waals surface area contributed by atoms with Gasteiger partial charge in [0.15, 0.2) is 0 Å². The second-order valence-electron chi connectivity index (χ2n) is 2.83. The minimum absolute atomic E-state index is 0.409. The molecule has 1 aliphatic rings. The summed E-state index contributed by atoms with van der Waals surface area (Å²) in [7, 11) is -0.666. The van der Waals surface area contributed by atoms with Gasteiger partial charge in [0, 0.05) is 21.9 Å². The van der Waals surface area contributed by atoms with E-state index in [0.717, 1.165) is 4.91 Å². The van der Waals surface area contributed by atoms with Crippen LogP contribution in [0.2, 0.25) is 0 Å². The average Bonchev–Trinajstić information content (AvgIpc) is 2.15. The molecule has 1 unspecified atom stereocenters. The molecule has 0 bridgehead atoms. The molecule has 0 radical (unpaired) electrons. The molecule has 1 heterocycles. The molecule has 1 atom stereocenters. The lowest BCUT2D eigenvalue weighted by Gasteiger charge is -2.13. The highest BCUT2D eigenvalue weighted by Gasteiger charge is 2.17. The Balaban J connectivity index is 3.44. The first-order valence-corrected chi connectivity index (χ1v) is 7.14. The number of methoxy groups -OCH3 is 1. The predicted octanol–water partition coefficient (Wildman–Crippen LogP) is 1.34. The standard InChI is InChI=1S/C9H11NO2S2/c1-12-8-5-14(3,11)6-9(13-2)7(8)4-10/h5-6H,1-3H3. The summed E-state index contributed by atoms with van der Waals surface area (Å²) in [5.41, 5.74) is 0.459. The van der Waals surface area contributed by atoms with Crippen molar-refractivity contribution in [1.82, 2.24) is 0 Å². The van der Waals surface area contributed by atoms with E-state index < -0.39 is 9.52 Å². The third-order valence-corrected chi connectivity index (χ3v) is 4.02.